The summed E-state index contributed by atoms with van der Waals surface area (Å²) in [4.78, 5) is 3.30. The highest BCUT2D eigenvalue weighted by Gasteiger charge is 2.16. The van der Waals surface area contributed by atoms with Crippen LogP contribution >= 0.6 is 0 Å². The number of hydrogen-bond donors (Lipinski definition) is 2. The smallest absolute Gasteiger partial charge is 0.0980 e. The molecule has 0 spiro atoms. The molecule has 2 nitrogen and oxygen atoms in total. The van der Waals surface area contributed by atoms with E-state index in [1.54, 1.807) is 0 Å². The molecule has 1 heterocycles. The molecule has 0 saturated carbocycles. The summed E-state index contributed by atoms with van der Waals surface area (Å²) in [7, 11) is 0. The zero-order chi connectivity index (χ0) is 13.3. The molecule has 0 aliphatic heterocycles. The Balaban J connectivity index is 2.25. The minimum atomic E-state index is -0.460. The molecule has 1 aromatic heterocycles. The summed E-state index contributed by atoms with van der Waals surface area (Å²) in [6.45, 7) is 8.28. The molecule has 0 bridgehead atoms. The minimum absolute atomic E-state index is 0.460. The third kappa shape index (κ3) is 2.34. The first-order valence-electron chi connectivity index (χ1n) is 6.39. The van der Waals surface area contributed by atoms with Gasteiger partial charge in [-0.25, -0.2) is 0 Å². The van der Waals surface area contributed by atoms with E-state index in [2.05, 4.69) is 37.9 Å². The lowest BCUT2D eigenvalue weighted by molar-refractivity contribution is 0.173. The molecule has 0 radical (unpaired) electrons. The normalized spacial score (nSPS) is 12.7. The maximum absolute atomic E-state index is 10.4. The first-order valence-corrected chi connectivity index (χ1v) is 6.39. The van der Waals surface area contributed by atoms with Gasteiger partial charge in [0.1, 0.15) is 0 Å². The largest absolute Gasteiger partial charge is 0.387 e. The summed E-state index contributed by atoms with van der Waals surface area (Å²) >= 11 is 0. The summed E-state index contributed by atoms with van der Waals surface area (Å²) in [5.74, 6) is 0. The van der Waals surface area contributed by atoms with Gasteiger partial charge in [0, 0.05) is 17.8 Å². The third-order valence-corrected chi connectivity index (χ3v) is 3.86. The van der Waals surface area contributed by atoms with Crippen molar-refractivity contribution in [2.45, 2.75) is 40.2 Å². The van der Waals surface area contributed by atoms with E-state index in [1.165, 1.54) is 22.3 Å². The van der Waals surface area contributed by atoms with Crippen molar-refractivity contribution in [1.82, 2.24) is 4.98 Å². The van der Waals surface area contributed by atoms with E-state index < -0.39 is 6.10 Å². The second-order valence-corrected chi connectivity index (χ2v) is 5.06. The van der Waals surface area contributed by atoms with Gasteiger partial charge in [-0.15, -0.1) is 0 Å². The van der Waals surface area contributed by atoms with Gasteiger partial charge in [0.15, 0.2) is 0 Å². The van der Waals surface area contributed by atoms with E-state index >= 15 is 0 Å². The Morgan fingerprint density at radius 2 is 1.72 bits per heavy atom. The summed E-state index contributed by atoms with van der Waals surface area (Å²) in [5, 5.41) is 10.4. The second kappa shape index (κ2) is 4.99. The Morgan fingerprint density at radius 1 is 1.06 bits per heavy atom. The standard InChI is InChI=1S/C16H21NO/c1-10-7-5-6-8-14(10)9-15(18)16-12(3)11(2)13(4)17-16/h5-8,15,17-18H,9H2,1-4H3. The first-order chi connectivity index (χ1) is 8.50. The lowest BCUT2D eigenvalue weighted by Crippen LogP contribution is -2.05. The van der Waals surface area contributed by atoms with Crippen LogP contribution in [0.25, 0.3) is 0 Å². The zero-order valence-electron chi connectivity index (χ0n) is 11.5. The average molecular weight is 243 g/mol. The summed E-state index contributed by atoms with van der Waals surface area (Å²) in [6, 6.07) is 8.21. The van der Waals surface area contributed by atoms with Crippen LogP contribution in [0.2, 0.25) is 0 Å². The van der Waals surface area contributed by atoms with E-state index in [0.717, 1.165) is 11.4 Å². The van der Waals surface area contributed by atoms with Gasteiger partial charge in [-0.05, 0) is 49.9 Å². The molecular weight excluding hydrogens is 222 g/mol. The van der Waals surface area contributed by atoms with Crippen molar-refractivity contribution in [3.8, 4) is 0 Å². The van der Waals surface area contributed by atoms with Crippen LogP contribution in [-0.4, -0.2) is 10.1 Å². The van der Waals surface area contributed by atoms with Crippen molar-refractivity contribution in [2.24, 2.45) is 0 Å². The average Bonchev–Trinajstić information content (AvgIpc) is 2.60. The lowest BCUT2D eigenvalue weighted by Gasteiger charge is -2.12. The number of rotatable bonds is 3. The van der Waals surface area contributed by atoms with Crippen molar-refractivity contribution < 1.29 is 5.11 Å². The number of aromatic nitrogens is 1. The summed E-state index contributed by atoms with van der Waals surface area (Å²) in [6.07, 6.45) is 0.200. The van der Waals surface area contributed by atoms with Gasteiger partial charge in [0.25, 0.3) is 0 Å². The number of nitrogens with one attached hydrogen (secondary N) is 1. The fourth-order valence-electron chi connectivity index (χ4n) is 2.36. The summed E-state index contributed by atoms with van der Waals surface area (Å²) in [5.41, 5.74) is 6.95. The van der Waals surface area contributed by atoms with E-state index in [0.29, 0.717) is 6.42 Å². The number of benzene rings is 1. The third-order valence-electron chi connectivity index (χ3n) is 3.86. The second-order valence-electron chi connectivity index (χ2n) is 5.06. The maximum atomic E-state index is 10.4. The van der Waals surface area contributed by atoms with Gasteiger partial charge >= 0.3 is 0 Å². The molecule has 0 fully saturated rings. The molecule has 2 aromatic rings. The zero-order valence-corrected chi connectivity index (χ0v) is 11.5. The van der Waals surface area contributed by atoms with Crippen LogP contribution in [0.4, 0.5) is 0 Å². The highest BCUT2D eigenvalue weighted by atomic mass is 16.3. The van der Waals surface area contributed by atoms with Gasteiger partial charge in [-0.2, -0.15) is 0 Å². The van der Waals surface area contributed by atoms with Crippen LogP contribution in [0.5, 0.6) is 0 Å². The first kappa shape index (κ1) is 12.9. The van der Waals surface area contributed by atoms with Crippen LogP contribution < -0.4 is 0 Å². The highest BCUT2D eigenvalue weighted by molar-refractivity contribution is 5.36. The highest BCUT2D eigenvalue weighted by Crippen LogP contribution is 2.25. The van der Waals surface area contributed by atoms with E-state index in [4.69, 9.17) is 0 Å². The lowest BCUT2D eigenvalue weighted by atomic mass is 9.99. The van der Waals surface area contributed by atoms with E-state index in [1.807, 2.05) is 19.1 Å². The number of hydrogen-bond acceptors (Lipinski definition) is 1. The molecule has 1 unspecified atom stereocenters. The quantitative estimate of drug-likeness (QED) is 0.850. The van der Waals surface area contributed by atoms with Gasteiger partial charge in [0.2, 0.25) is 0 Å². The van der Waals surface area contributed by atoms with Gasteiger partial charge in [0.05, 0.1) is 6.10 Å². The molecule has 1 aromatic carbocycles. The van der Waals surface area contributed by atoms with Crippen LogP contribution in [-0.2, 0) is 6.42 Å². The predicted octanol–water partition coefficient (Wildman–Crippen LogP) is 3.52. The fourth-order valence-corrected chi connectivity index (χ4v) is 2.36. The molecule has 18 heavy (non-hydrogen) atoms. The van der Waals surface area contributed by atoms with Crippen molar-refractivity contribution in [3.05, 3.63) is 57.9 Å². The number of aromatic amines is 1. The van der Waals surface area contributed by atoms with Crippen LogP contribution in [0.3, 0.4) is 0 Å². The van der Waals surface area contributed by atoms with Crippen molar-refractivity contribution in [2.75, 3.05) is 0 Å². The van der Waals surface area contributed by atoms with Crippen molar-refractivity contribution in [1.29, 1.82) is 0 Å². The Morgan fingerprint density at radius 3 is 2.28 bits per heavy atom. The molecule has 0 aliphatic rings. The molecule has 96 valence electrons. The predicted molar refractivity (Wildman–Crippen MR) is 74.8 cm³/mol. The topological polar surface area (TPSA) is 36.0 Å². The molecular formula is C16H21NO. The van der Waals surface area contributed by atoms with Crippen molar-refractivity contribution in [3.63, 3.8) is 0 Å². The van der Waals surface area contributed by atoms with Crippen molar-refractivity contribution >= 4 is 0 Å². The molecule has 0 amide bonds. The van der Waals surface area contributed by atoms with Crippen LogP contribution in [0.15, 0.2) is 24.3 Å². The molecule has 0 aliphatic carbocycles. The number of H-pyrrole nitrogens is 1. The molecule has 1 atom stereocenters. The van der Waals surface area contributed by atoms with Crippen LogP contribution in [0, 0.1) is 27.7 Å². The van der Waals surface area contributed by atoms with Crippen LogP contribution in [0.1, 0.15) is 39.7 Å². The Kier molecular flexibility index (Phi) is 3.58. The molecule has 2 N–H and O–H groups in total. The van der Waals surface area contributed by atoms with Gasteiger partial charge in [-0.1, -0.05) is 24.3 Å². The fraction of sp³-hybridized carbons (Fsp3) is 0.375. The molecule has 2 heteroatoms. The SMILES string of the molecule is Cc1ccccc1CC(O)c1[nH]c(C)c(C)c1C. The molecule has 0 saturated heterocycles. The van der Waals surface area contributed by atoms with Gasteiger partial charge in [-0.3, -0.25) is 0 Å². The molecule has 2 rings (SSSR count). The Hall–Kier alpha value is -1.54. The minimum Gasteiger partial charge on any atom is -0.387 e. The van der Waals surface area contributed by atoms with E-state index in [-0.39, 0.29) is 0 Å². The maximum Gasteiger partial charge on any atom is 0.0980 e. The summed E-state index contributed by atoms with van der Waals surface area (Å²) < 4.78 is 0. The van der Waals surface area contributed by atoms with E-state index in [9.17, 15) is 5.11 Å². The van der Waals surface area contributed by atoms with Gasteiger partial charge < -0.3 is 10.1 Å². The number of aryl methyl sites for hydroxylation is 2. The number of aliphatic hydroxyl groups is 1. The monoisotopic (exact) mass is 243 g/mol. The Bertz CT molecular complexity index is 554. The number of aliphatic hydroxyl groups excluding tert-OH is 1. The Labute approximate surface area is 109 Å².